The Kier molecular flexibility index (Phi) is 12.0. The standard InChI is InChI=1S/C46H56N8O6/c1-25(2)39(51-45(57)60-8)43(55)53-23-27(5)19-37(53)41-47-22-36(50-41)32-15-13-30(14-16-32)29-9-11-31(12-10-29)33-17-18-34-35(21-33)49-42(48-34)38-20-28(6)24-54(38)44(56)40(26(3)4)52(7)46(58)59/h9-18,21-22,25-28,37-40H,19-20,23-24H2,1-8H3,(H,47,50)(H,48,49)(H,51,57)(H,58,59)/t27-,28-,37-,38-,39-,40-/m0/s1. The fraction of sp³-hybridized carbons (Fsp3) is 0.435. The molecule has 2 saturated heterocycles. The highest BCUT2D eigenvalue weighted by Crippen LogP contribution is 2.38. The van der Waals surface area contributed by atoms with E-state index >= 15 is 0 Å². The van der Waals surface area contributed by atoms with Crippen LogP contribution < -0.4 is 5.32 Å². The van der Waals surface area contributed by atoms with Crippen LogP contribution in [0.3, 0.4) is 0 Å². The third-order valence-corrected chi connectivity index (χ3v) is 12.1. The summed E-state index contributed by atoms with van der Waals surface area (Å²) in [5, 5.41) is 12.4. The highest BCUT2D eigenvalue weighted by atomic mass is 16.5. The topological polar surface area (TPSA) is 177 Å². The van der Waals surface area contributed by atoms with Gasteiger partial charge in [-0.05, 0) is 76.5 Å². The van der Waals surface area contributed by atoms with Crippen LogP contribution in [0, 0.1) is 23.7 Å². The average Bonchev–Trinajstić information content (AvgIpc) is 4.05. The van der Waals surface area contributed by atoms with Crippen LogP contribution in [0.25, 0.3) is 44.5 Å². The summed E-state index contributed by atoms with van der Waals surface area (Å²) in [6, 6.07) is 20.9. The number of imidazole rings is 2. The number of aromatic nitrogens is 4. The predicted molar refractivity (Wildman–Crippen MR) is 230 cm³/mol. The number of ether oxygens (including phenoxy) is 1. The van der Waals surface area contributed by atoms with Gasteiger partial charge >= 0.3 is 12.2 Å². The molecule has 0 saturated carbocycles. The number of methoxy groups -OCH3 is 1. The van der Waals surface area contributed by atoms with Crippen molar-refractivity contribution in [1.82, 2.24) is 40.0 Å². The molecule has 3 aromatic carbocycles. The van der Waals surface area contributed by atoms with E-state index in [-0.39, 0.29) is 47.6 Å². The first kappa shape index (κ1) is 42.0. The van der Waals surface area contributed by atoms with Crippen LogP contribution in [0.5, 0.6) is 0 Å². The number of nitrogens with one attached hydrogen (secondary N) is 3. The molecule has 5 aromatic rings. The molecule has 4 heterocycles. The number of likely N-dealkylation sites (tertiary alicyclic amines) is 2. The second-order valence-electron chi connectivity index (χ2n) is 17.3. The largest absolute Gasteiger partial charge is 0.465 e. The van der Waals surface area contributed by atoms with Crippen molar-refractivity contribution in [2.45, 2.75) is 78.6 Å². The van der Waals surface area contributed by atoms with Gasteiger partial charge in [-0.3, -0.25) is 14.5 Å². The third kappa shape index (κ3) is 8.45. The van der Waals surface area contributed by atoms with E-state index < -0.39 is 24.3 Å². The molecule has 0 aliphatic carbocycles. The first-order chi connectivity index (χ1) is 28.6. The van der Waals surface area contributed by atoms with E-state index in [0.717, 1.165) is 68.1 Å². The number of carboxylic acid groups (broad SMARTS) is 1. The number of likely N-dealkylation sites (N-methyl/N-ethyl adjacent to an activating group) is 1. The minimum atomic E-state index is -1.12. The van der Waals surface area contributed by atoms with Crippen LogP contribution in [0.4, 0.5) is 9.59 Å². The third-order valence-electron chi connectivity index (χ3n) is 12.1. The maximum Gasteiger partial charge on any atom is 0.407 e. The minimum absolute atomic E-state index is 0.116. The van der Waals surface area contributed by atoms with Gasteiger partial charge in [0.05, 0.1) is 42.1 Å². The molecule has 14 nitrogen and oxygen atoms in total. The van der Waals surface area contributed by atoms with Gasteiger partial charge in [-0.1, -0.05) is 96.1 Å². The number of carbonyl (C=O) groups excluding carboxylic acids is 3. The first-order valence-corrected chi connectivity index (χ1v) is 20.8. The van der Waals surface area contributed by atoms with Crippen LogP contribution >= 0.6 is 0 Å². The molecule has 7 rings (SSSR count). The van der Waals surface area contributed by atoms with Gasteiger partial charge in [0.25, 0.3) is 0 Å². The lowest BCUT2D eigenvalue weighted by Crippen LogP contribution is -2.51. The fourth-order valence-electron chi connectivity index (χ4n) is 8.88. The molecule has 0 bridgehead atoms. The molecule has 316 valence electrons. The summed E-state index contributed by atoms with van der Waals surface area (Å²) in [6.45, 7) is 12.9. The molecule has 2 aromatic heterocycles. The van der Waals surface area contributed by atoms with Gasteiger partial charge < -0.3 is 34.9 Å². The zero-order chi connectivity index (χ0) is 43.0. The van der Waals surface area contributed by atoms with Gasteiger partial charge in [0, 0.05) is 20.1 Å². The molecule has 2 aliphatic rings. The maximum absolute atomic E-state index is 13.8. The molecule has 2 fully saturated rings. The van der Waals surface area contributed by atoms with Crippen molar-refractivity contribution < 1.29 is 29.0 Å². The maximum atomic E-state index is 13.8. The molecule has 0 spiro atoms. The van der Waals surface area contributed by atoms with Crippen molar-refractivity contribution in [3.8, 4) is 33.5 Å². The van der Waals surface area contributed by atoms with Gasteiger partial charge in [-0.2, -0.15) is 0 Å². The molecule has 2 aliphatic heterocycles. The Labute approximate surface area is 350 Å². The fourth-order valence-corrected chi connectivity index (χ4v) is 8.88. The lowest BCUT2D eigenvalue weighted by molar-refractivity contribution is -0.138. The smallest absolute Gasteiger partial charge is 0.407 e. The van der Waals surface area contributed by atoms with E-state index in [0.29, 0.717) is 18.9 Å². The predicted octanol–water partition coefficient (Wildman–Crippen LogP) is 8.12. The van der Waals surface area contributed by atoms with Gasteiger partial charge in [-0.25, -0.2) is 19.6 Å². The second kappa shape index (κ2) is 17.2. The summed E-state index contributed by atoms with van der Waals surface area (Å²) < 4.78 is 4.78. The van der Waals surface area contributed by atoms with Crippen LogP contribution in [-0.4, -0.2) is 103 Å². The molecule has 14 heteroatoms. The Morgan fingerprint density at radius 1 is 0.767 bits per heavy atom. The van der Waals surface area contributed by atoms with Gasteiger partial charge in [-0.15, -0.1) is 0 Å². The Balaban J connectivity index is 1.04. The van der Waals surface area contributed by atoms with E-state index in [9.17, 15) is 24.3 Å². The van der Waals surface area contributed by atoms with Gasteiger partial charge in [0.2, 0.25) is 11.8 Å². The zero-order valence-electron chi connectivity index (χ0n) is 35.6. The molecular weight excluding hydrogens is 761 g/mol. The van der Waals surface area contributed by atoms with Crippen molar-refractivity contribution in [1.29, 1.82) is 0 Å². The van der Waals surface area contributed by atoms with Crippen molar-refractivity contribution in [2.75, 3.05) is 27.2 Å². The number of hydrogen-bond donors (Lipinski definition) is 4. The average molecular weight is 817 g/mol. The van der Waals surface area contributed by atoms with Crippen LogP contribution in [0.1, 0.15) is 78.1 Å². The minimum Gasteiger partial charge on any atom is -0.465 e. The number of aromatic amines is 2. The Morgan fingerprint density at radius 3 is 1.85 bits per heavy atom. The van der Waals surface area contributed by atoms with Gasteiger partial charge in [0.15, 0.2) is 0 Å². The lowest BCUT2D eigenvalue weighted by Gasteiger charge is -2.33. The van der Waals surface area contributed by atoms with Crippen LogP contribution in [-0.2, 0) is 14.3 Å². The number of rotatable bonds is 11. The lowest BCUT2D eigenvalue weighted by atomic mass is 9.99. The van der Waals surface area contributed by atoms with E-state index in [2.05, 4.69) is 89.8 Å². The van der Waals surface area contributed by atoms with E-state index in [4.69, 9.17) is 14.7 Å². The molecule has 4 amide bonds. The number of carbonyl (C=O) groups is 4. The summed E-state index contributed by atoms with van der Waals surface area (Å²) >= 11 is 0. The summed E-state index contributed by atoms with van der Waals surface area (Å²) in [5.74, 6) is 1.32. The van der Waals surface area contributed by atoms with E-state index in [1.165, 1.54) is 14.2 Å². The molecule has 60 heavy (non-hydrogen) atoms. The summed E-state index contributed by atoms with van der Waals surface area (Å²) in [5.41, 5.74) is 7.73. The summed E-state index contributed by atoms with van der Waals surface area (Å²) in [4.78, 5) is 72.7. The van der Waals surface area contributed by atoms with E-state index in [1.807, 2.05) is 44.9 Å². The molecular formula is C46H56N8O6. The quantitative estimate of drug-likeness (QED) is 0.103. The molecule has 6 atom stereocenters. The second-order valence-corrected chi connectivity index (χ2v) is 17.3. The highest BCUT2D eigenvalue weighted by molar-refractivity contribution is 5.88. The molecule has 4 N–H and O–H groups in total. The molecule has 0 radical (unpaired) electrons. The number of amides is 4. The number of benzene rings is 3. The number of hydrogen-bond acceptors (Lipinski definition) is 7. The van der Waals surface area contributed by atoms with Gasteiger partial charge in [0.1, 0.15) is 23.7 Å². The number of fused-ring (bicyclic) bond motifs is 1. The molecule has 0 unspecified atom stereocenters. The number of H-pyrrole nitrogens is 2. The number of alkyl carbamates (subject to hydrolysis) is 1. The van der Waals surface area contributed by atoms with Crippen molar-refractivity contribution in [2.24, 2.45) is 23.7 Å². The zero-order valence-corrected chi connectivity index (χ0v) is 35.6. The van der Waals surface area contributed by atoms with E-state index in [1.54, 1.807) is 4.90 Å². The summed E-state index contributed by atoms with van der Waals surface area (Å²) in [6.07, 6.45) is 1.56. The van der Waals surface area contributed by atoms with Crippen molar-refractivity contribution in [3.63, 3.8) is 0 Å². The Morgan fingerprint density at radius 2 is 1.30 bits per heavy atom. The van der Waals surface area contributed by atoms with Crippen molar-refractivity contribution in [3.05, 3.63) is 84.6 Å². The normalized spacial score (nSPS) is 20.2. The van der Waals surface area contributed by atoms with Crippen molar-refractivity contribution >= 4 is 35.0 Å². The Bertz CT molecular complexity index is 2350. The first-order valence-electron chi connectivity index (χ1n) is 20.8. The van der Waals surface area contributed by atoms with Crippen LogP contribution in [0.15, 0.2) is 72.9 Å². The number of nitrogens with zero attached hydrogens (tertiary/aromatic N) is 5. The highest BCUT2D eigenvalue weighted by Gasteiger charge is 2.42. The van der Waals surface area contributed by atoms with Crippen LogP contribution in [0.2, 0.25) is 0 Å². The Hall–Kier alpha value is -6.18. The monoisotopic (exact) mass is 816 g/mol. The summed E-state index contributed by atoms with van der Waals surface area (Å²) in [7, 11) is 2.75. The SMILES string of the molecule is COC(=O)N[C@H](C(=O)N1C[C@@H](C)C[C@H]1c1ncc(-c2ccc(-c3ccc(-c4ccc5nc([C@@H]6C[C@H](C)CN6C(=O)[C@H](C(C)C)N(C)C(=O)O)[nH]c5c4)cc3)cc2)[nH]1)C(C)C.